The summed E-state index contributed by atoms with van der Waals surface area (Å²) in [5.74, 6) is 1.20. The number of benzene rings is 1. The number of hydrogen-bond acceptors (Lipinski definition) is 3. The molecule has 0 radical (unpaired) electrons. The number of amidine groups is 1. The van der Waals surface area contributed by atoms with E-state index in [2.05, 4.69) is 5.16 Å². The quantitative estimate of drug-likeness (QED) is 0.455. The Labute approximate surface area is 89.7 Å². The summed E-state index contributed by atoms with van der Waals surface area (Å²) in [6.45, 7) is 4.97. The zero-order chi connectivity index (χ0) is 11.1. The van der Waals surface area contributed by atoms with Crippen molar-refractivity contribution in [2.24, 2.45) is 10.9 Å². The van der Waals surface area contributed by atoms with Crippen molar-refractivity contribution in [1.82, 2.24) is 0 Å². The van der Waals surface area contributed by atoms with Crippen LogP contribution in [0.5, 0.6) is 5.75 Å². The second-order valence-electron chi connectivity index (χ2n) is 2.85. The molecule has 82 valence electrons. The Balaban J connectivity index is 2.70. The summed E-state index contributed by atoms with van der Waals surface area (Å²) in [7, 11) is 0. The van der Waals surface area contributed by atoms with E-state index in [-0.39, 0.29) is 0 Å². The molecule has 4 heteroatoms. The molecule has 1 aromatic rings. The van der Waals surface area contributed by atoms with E-state index in [0.29, 0.717) is 19.0 Å². The van der Waals surface area contributed by atoms with E-state index in [1.54, 1.807) is 0 Å². The second-order valence-corrected chi connectivity index (χ2v) is 2.85. The van der Waals surface area contributed by atoms with Crippen LogP contribution in [0.1, 0.15) is 19.4 Å². The minimum Gasteiger partial charge on any atom is -0.494 e. The summed E-state index contributed by atoms with van der Waals surface area (Å²) in [4.78, 5) is 4.86. The van der Waals surface area contributed by atoms with Crippen LogP contribution >= 0.6 is 0 Å². The molecule has 0 saturated carbocycles. The van der Waals surface area contributed by atoms with E-state index in [0.717, 1.165) is 11.3 Å². The number of nitrogens with zero attached hydrogens (tertiary/aromatic N) is 1. The fraction of sp³-hybridized carbons (Fsp3) is 0.364. The van der Waals surface area contributed by atoms with Gasteiger partial charge in [-0.25, -0.2) is 0 Å². The maximum atomic E-state index is 5.69. The van der Waals surface area contributed by atoms with Crippen molar-refractivity contribution < 1.29 is 9.57 Å². The van der Waals surface area contributed by atoms with Crippen LogP contribution < -0.4 is 10.5 Å². The first-order chi connectivity index (χ1) is 7.27. The third-order valence-corrected chi connectivity index (χ3v) is 1.75. The lowest BCUT2D eigenvalue weighted by Gasteiger charge is -2.04. The number of nitrogens with two attached hydrogens (primary N) is 1. The molecule has 0 bridgehead atoms. The molecular formula is C11H16N2O2. The molecule has 0 aliphatic rings. The summed E-state index contributed by atoms with van der Waals surface area (Å²) in [6.07, 6.45) is 0. The van der Waals surface area contributed by atoms with Gasteiger partial charge in [0.2, 0.25) is 0 Å². The summed E-state index contributed by atoms with van der Waals surface area (Å²) in [5, 5.41) is 3.74. The highest BCUT2D eigenvalue weighted by molar-refractivity contribution is 5.97. The van der Waals surface area contributed by atoms with Crippen LogP contribution in [0.15, 0.2) is 29.4 Å². The fourth-order valence-electron chi connectivity index (χ4n) is 1.08. The first-order valence-corrected chi connectivity index (χ1v) is 4.96. The molecule has 2 N–H and O–H groups in total. The van der Waals surface area contributed by atoms with Gasteiger partial charge in [-0.1, -0.05) is 5.16 Å². The van der Waals surface area contributed by atoms with Crippen LogP contribution in [-0.4, -0.2) is 19.0 Å². The smallest absolute Gasteiger partial charge is 0.170 e. The molecule has 0 saturated heterocycles. The average Bonchev–Trinajstić information content (AvgIpc) is 2.27. The van der Waals surface area contributed by atoms with E-state index in [1.165, 1.54) is 0 Å². The highest BCUT2D eigenvalue weighted by atomic mass is 16.6. The Bertz CT molecular complexity index is 320. The second kappa shape index (κ2) is 5.90. The molecule has 0 aromatic heterocycles. The van der Waals surface area contributed by atoms with Gasteiger partial charge in [-0.05, 0) is 38.1 Å². The van der Waals surface area contributed by atoms with Crippen LogP contribution in [0.2, 0.25) is 0 Å². The van der Waals surface area contributed by atoms with Crippen molar-refractivity contribution in [2.45, 2.75) is 13.8 Å². The fourth-order valence-corrected chi connectivity index (χ4v) is 1.08. The molecule has 0 unspecified atom stereocenters. The van der Waals surface area contributed by atoms with E-state index in [4.69, 9.17) is 15.3 Å². The third kappa shape index (κ3) is 3.50. The molecule has 1 aromatic carbocycles. The van der Waals surface area contributed by atoms with Crippen LogP contribution in [0, 0.1) is 0 Å². The summed E-state index contributed by atoms with van der Waals surface area (Å²) in [5.41, 5.74) is 6.52. The lowest BCUT2D eigenvalue weighted by molar-refractivity contribution is 0.158. The van der Waals surface area contributed by atoms with Crippen molar-refractivity contribution in [3.8, 4) is 5.75 Å². The maximum absolute atomic E-state index is 5.69. The van der Waals surface area contributed by atoms with Crippen LogP contribution in [0.4, 0.5) is 0 Å². The zero-order valence-electron chi connectivity index (χ0n) is 9.06. The van der Waals surface area contributed by atoms with Gasteiger partial charge >= 0.3 is 0 Å². The Kier molecular flexibility index (Phi) is 4.47. The SMILES string of the molecule is CCO/N=C(\N)c1ccc(OCC)cc1. The van der Waals surface area contributed by atoms with Gasteiger partial charge in [0, 0.05) is 5.56 Å². The summed E-state index contributed by atoms with van der Waals surface area (Å²) in [6, 6.07) is 7.41. The lowest BCUT2D eigenvalue weighted by Crippen LogP contribution is -2.13. The minimum absolute atomic E-state index is 0.375. The van der Waals surface area contributed by atoms with Gasteiger partial charge in [-0.3, -0.25) is 0 Å². The van der Waals surface area contributed by atoms with Gasteiger partial charge in [0.15, 0.2) is 5.84 Å². The standard InChI is InChI=1S/C11H16N2O2/c1-3-14-10-7-5-9(6-8-10)11(12)13-15-4-2/h5-8H,3-4H2,1-2H3,(H2,12,13). The average molecular weight is 208 g/mol. The summed E-state index contributed by atoms with van der Waals surface area (Å²) >= 11 is 0. The number of hydrogen-bond donors (Lipinski definition) is 1. The van der Waals surface area contributed by atoms with Crippen molar-refractivity contribution in [3.05, 3.63) is 29.8 Å². The van der Waals surface area contributed by atoms with Gasteiger partial charge in [-0.15, -0.1) is 0 Å². The normalized spacial score (nSPS) is 11.2. The predicted molar refractivity (Wildman–Crippen MR) is 60.0 cm³/mol. The number of oxime groups is 1. The highest BCUT2D eigenvalue weighted by Crippen LogP contribution is 2.11. The Morgan fingerprint density at radius 1 is 1.20 bits per heavy atom. The molecule has 0 spiro atoms. The van der Waals surface area contributed by atoms with Crippen molar-refractivity contribution in [3.63, 3.8) is 0 Å². The number of ether oxygens (including phenoxy) is 1. The van der Waals surface area contributed by atoms with Crippen LogP contribution in [0.25, 0.3) is 0 Å². The van der Waals surface area contributed by atoms with Crippen molar-refractivity contribution in [2.75, 3.05) is 13.2 Å². The molecule has 15 heavy (non-hydrogen) atoms. The first kappa shape index (κ1) is 11.4. The monoisotopic (exact) mass is 208 g/mol. The highest BCUT2D eigenvalue weighted by Gasteiger charge is 1.99. The predicted octanol–water partition coefficient (Wildman–Crippen LogP) is 1.74. The zero-order valence-corrected chi connectivity index (χ0v) is 9.06. The van der Waals surface area contributed by atoms with E-state index in [1.807, 2.05) is 38.1 Å². The summed E-state index contributed by atoms with van der Waals surface area (Å²) < 4.78 is 5.31. The van der Waals surface area contributed by atoms with Gasteiger partial charge < -0.3 is 15.3 Å². The molecule has 0 fully saturated rings. The Morgan fingerprint density at radius 2 is 1.87 bits per heavy atom. The molecule has 0 aliphatic heterocycles. The first-order valence-electron chi connectivity index (χ1n) is 4.96. The topological polar surface area (TPSA) is 56.8 Å². The maximum Gasteiger partial charge on any atom is 0.170 e. The molecule has 0 atom stereocenters. The Morgan fingerprint density at radius 3 is 2.40 bits per heavy atom. The van der Waals surface area contributed by atoms with Crippen LogP contribution in [0.3, 0.4) is 0 Å². The van der Waals surface area contributed by atoms with E-state index < -0.39 is 0 Å². The molecule has 0 amide bonds. The molecule has 0 aliphatic carbocycles. The molecule has 0 heterocycles. The minimum atomic E-state index is 0.375. The number of rotatable bonds is 5. The van der Waals surface area contributed by atoms with Crippen LogP contribution in [-0.2, 0) is 4.84 Å². The van der Waals surface area contributed by atoms with Gasteiger partial charge in [0.25, 0.3) is 0 Å². The molecular weight excluding hydrogens is 192 g/mol. The molecule has 1 rings (SSSR count). The van der Waals surface area contributed by atoms with Crippen molar-refractivity contribution >= 4 is 5.84 Å². The van der Waals surface area contributed by atoms with E-state index in [9.17, 15) is 0 Å². The van der Waals surface area contributed by atoms with E-state index >= 15 is 0 Å². The van der Waals surface area contributed by atoms with Crippen molar-refractivity contribution in [1.29, 1.82) is 0 Å². The van der Waals surface area contributed by atoms with Gasteiger partial charge in [-0.2, -0.15) is 0 Å². The van der Waals surface area contributed by atoms with Gasteiger partial charge in [0.05, 0.1) is 6.61 Å². The molecule has 4 nitrogen and oxygen atoms in total. The Hall–Kier alpha value is -1.71. The lowest BCUT2D eigenvalue weighted by atomic mass is 10.2. The largest absolute Gasteiger partial charge is 0.494 e. The third-order valence-electron chi connectivity index (χ3n) is 1.75. The van der Waals surface area contributed by atoms with Gasteiger partial charge in [0.1, 0.15) is 12.4 Å².